The van der Waals surface area contributed by atoms with Gasteiger partial charge in [-0.1, -0.05) is 6.58 Å². The van der Waals surface area contributed by atoms with Crippen molar-refractivity contribution in [2.75, 3.05) is 0 Å². The fourth-order valence-electron chi connectivity index (χ4n) is 1.67. The quantitative estimate of drug-likeness (QED) is 0.622. The molecule has 2 nitrogen and oxygen atoms in total. The topological polar surface area (TPSA) is 16.4 Å². The summed E-state index contributed by atoms with van der Waals surface area (Å²) in [6.07, 6.45) is 5.81. The van der Waals surface area contributed by atoms with Gasteiger partial charge < -0.3 is 9.32 Å². The summed E-state index contributed by atoms with van der Waals surface area (Å²) in [6, 6.07) is 1.96. The zero-order valence-electron chi connectivity index (χ0n) is 8.87. The molecule has 0 saturated carbocycles. The highest BCUT2D eigenvalue weighted by molar-refractivity contribution is 5.73. The molecule has 0 spiro atoms. The highest BCUT2D eigenvalue weighted by Gasteiger charge is 2.26. The Morgan fingerprint density at radius 2 is 2.07 bits per heavy atom. The first-order chi connectivity index (χ1) is 6.50. The van der Waals surface area contributed by atoms with E-state index >= 15 is 0 Å². The predicted molar refractivity (Wildman–Crippen MR) is 58.4 cm³/mol. The number of fused-ring (bicyclic) bond motifs is 1. The minimum atomic E-state index is 0.0397. The standard InChI is InChI=1S/C12H15NO/c1-9-11-10(6-8-14-11)5-7-13(9)12(2,3)4/h5-8H,1H2,2-4H3. The lowest BCUT2D eigenvalue weighted by molar-refractivity contribution is 0.290. The van der Waals surface area contributed by atoms with Crippen LogP contribution in [0.2, 0.25) is 0 Å². The third-order valence-electron chi connectivity index (χ3n) is 2.37. The van der Waals surface area contributed by atoms with Crippen LogP contribution in [0.3, 0.4) is 0 Å². The van der Waals surface area contributed by atoms with Crippen molar-refractivity contribution in [3.63, 3.8) is 0 Å². The van der Waals surface area contributed by atoms with Crippen LogP contribution in [0.5, 0.6) is 0 Å². The Hall–Kier alpha value is -1.44. The van der Waals surface area contributed by atoms with Gasteiger partial charge in [0.15, 0.2) is 5.76 Å². The third-order valence-corrected chi connectivity index (χ3v) is 2.37. The van der Waals surface area contributed by atoms with Gasteiger partial charge in [-0.3, -0.25) is 0 Å². The predicted octanol–water partition coefficient (Wildman–Crippen LogP) is 3.34. The molecule has 0 N–H and O–H groups in total. The van der Waals surface area contributed by atoms with Crippen LogP contribution in [0.15, 0.2) is 29.5 Å². The highest BCUT2D eigenvalue weighted by atomic mass is 16.3. The molecule has 0 atom stereocenters. The summed E-state index contributed by atoms with van der Waals surface area (Å²) < 4.78 is 5.40. The van der Waals surface area contributed by atoms with Crippen LogP contribution in [0.25, 0.3) is 11.8 Å². The van der Waals surface area contributed by atoms with Crippen molar-refractivity contribution in [2.24, 2.45) is 0 Å². The molecule has 0 radical (unpaired) electrons. The van der Waals surface area contributed by atoms with E-state index in [1.54, 1.807) is 6.26 Å². The maximum absolute atomic E-state index is 5.40. The molecule has 2 rings (SSSR count). The van der Waals surface area contributed by atoms with Crippen LogP contribution < -0.4 is 0 Å². The van der Waals surface area contributed by atoms with E-state index < -0.39 is 0 Å². The molecular weight excluding hydrogens is 174 g/mol. The van der Waals surface area contributed by atoms with E-state index in [4.69, 9.17) is 4.42 Å². The normalized spacial score (nSPS) is 15.9. The zero-order valence-corrected chi connectivity index (χ0v) is 8.87. The van der Waals surface area contributed by atoms with Crippen LogP contribution in [0.4, 0.5) is 0 Å². The van der Waals surface area contributed by atoms with Gasteiger partial charge in [0.05, 0.1) is 12.0 Å². The number of hydrogen-bond donors (Lipinski definition) is 0. The van der Waals surface area contributed by atoms with Crippen LogP contribution in [-0.4, -0.2) is 10.4 Å². The Balaban J connectivity index is 2.43. The molecule has 0 amide bonds. The summed E-state index contributed by atoms with van der Waals surface area (Å²) >= 11 is 0. The van der Waals surface area contributed by atoms with Crippen LogP contribution in [-0.2, 0) is 0 Å². The molecule has 1 aliphatic rings. The molecule has 0 aromatic carbocycles. The van der Waals surface area contributed by atoms with E-state index in [0.717, 1.165) is 17.0 Å². The summed E-state index contributed by atoms with van der Waals surface area (Å²) in [6.45, 7) is 10.5. The van der Waals surface area contributed by atoms with E-state index in [2.05, 4.69) is 44.5 Å². The van der Waals surface area contributed by atoms with Gasteiger partial charge in [0, 0.05) is 17.3 Å². The van der Waals surface area contributed by atoms with Gasteiger partial charge >= 0.3 is 0 Å². The maximum atomic E-state index is 5.40. The van der Waals surface area contributed by atoms with Crippen molar-refractivity contribution in [1.82, 2.24) is 4.90 Å². The maximum Gasteiger partial charge on any atom is 0.156 e. The van der Waals surface area contributed by atoms with E-state index in [1.807, 2.05) is 6.07 Å². The largest absolute Gasteiger partial charge is 0.462 e. The molecule has 2 heterocycles. The Bertz CT molecular complexity index is 393. The lowest BCUT2D eigenvalue weighted by atomic mass is 10.0. The van der Waals surface area contributed by atoms with Crippen molar-refractivity contribution in [3.05, 3.63) is 36.4 Å². The molecule has 0 aliphatic carbocycles. The molecule has 0 saturated heterocycles. The summed E-state index contributed by atoms with van der Waals surface area (Å²) in [4.78, 5) is 2.12. The van der Waals surface area contributed by atoms with Gasteiger partial charge in [0.1, 0.15) is 0 Å². The second-order valence-corrected chi connectivity index (χ2v) is 4.51. The minimum Gasteiger partial charge on any atom is -0.462 e. The first-order valence-electron chi connectivity index (χ1n) is 4.74. The fraction of sp³-hybridized carbons (Fsp3) is 0.333. The second-order valence-electron chi connectivity index (χ2n) is 4.51. The molecule has 14 heavy (non-hydrogen) atoms. The van der Waals surface area contributed by atoms with E-state index in [0.29, 0.717) is 0 Å². The number of rotatable bonds is 0. The van der Waals surface area contributed by atoms with Gasteiger partial charge in [-0.2, -0.15) is 0 Å². The Kier molecular flexibility index (Phi) is 1.81. The van der Waals surface area contributed by atoms with Gasteiger partial charge in [0.2, 0.25) is 0 Å². The SMILES string of the molecule is C=C1c2occc2C=CN1C(C)(C)C. The first kappa shape index (κ1) is 9.13. The van der Waals surface area contributed by atoms with Crippen molar-refractivity contribution >= 4 is 11.8 Å². The number of furan rings is 1. The summed E-state index contributed by atoms with van der Waals surface area (Å²) in [5, 5.41) is 0. The smallest absolute Gasteiger partial charge is 0.156 e. The Morgan fingerprint density at radius 1 is 1.36 bits per heavy atom. The van der Waals surface area contributed by atoms with Gasteiger partial charge in [-0.05, 0) is 32.9 Å². The average Bonchev–Trinajstić information content (AvgIpc) is 2.50. The summed E-state index contributed by atoms with van der Waals surface area (Å²) in [5.74, 6) is 0.877. The van der Waals surface area contributed by atoms with Crippen molar-refractivity contribution < 1.29 is 4.42 Å². The number of hydrogen-bond acceptors (Lipinski definition) is 2. The molecule has 0 fully saturated rings. The summed E-state index contributed by atoms with van der Waals surface area (Å²) in [5.41, 5.74) is 2.08. The summed E-state index contributed by atoms with van der Waals surface area (Å²) in [7, 11) is 0. The van der Waals surface area contributed by atoms with Crippen molar-refractivity contribution in [1.29, 1.82) is 0 Å². The van der Waals surface area contributed by atoms with Crippen LogP contribution in [0.1, 0.15) is 32.1 Å². The van der Waals surface area contributed by atoms with E-state index in [-0.39, 0.29) is 5.54 Å². The average molecular weight is 189 g/mol. The minimum absolute atomic E-state index is 0.0397. The molecule has 2 heteroatoms. The molecule has 1 aromatic rings. The van der Waals surface area contributed by atoms with Gasteiger partial charge in [-0.15, -0.1) is 0 Å². The Labute approximate surface area is 84.5 Å². The second kappa shape index (κ2) is 2.77. The first-order valence-corrected chi connectivity index (χ1v) is 4.74. The van der Waals surface area contributed by atoms with Gasteiger partial charge in [0.25, 0.3) is 0 Å². The fourth-order valence-corrected chi connectivity index (χ4v) is 1.67. The molecular formula is C12H15NO. The zero-order chi connectivity index (χ0) is 10.3. The lowest BCUT2D eigenvalue weighted by Gasteiger charge is -2.37. The number of nitrogens with zero attached hydrogens (tertiary/aromatic N) is 1. The van der Waals surface area contributed by atoms with Crippen LogP contribution >= 0.6 is 0 Å². The molecule has 1 aliphatic heterocycles. The van der Waals surface area contributed by atoms with E-state index in [9.17, 15) is 0 Å². The van der Waals surface area contributed by atoms with Crippen molar-refractivity contribution in [3.8, 4) is 0 Å². The monoisotopic (exact) mass is 189 g/mol. The van der Waals surface area contributed by atoms with Gasteiger partial charge in [-0.25, -0.2) is 0 Å². The Morgan fingerprint density at radius 3 is 2.71 bits per heavy atom. The van der Waals surface area contributed by atoms with Crippen molar-refractivity contribution in [2.45, 2.75) is 26.3 Å². The third kappa shape index (κ3) is 1.27. The molecule has 0 bridgehead atoms. The lowest BCUT2D eigenvalue weighted by Crippen LogP contribution is -2.36. The molecule has 1 aromatic heterocycles. The molecule has 0 unspecified atom stereocenters. The van der Waals surface area contributed by atoms with E-state index in [1.165, 1.54) is 0 Å². The highest BCUT2D eigenvalue weighted by Crippen LogP contribution is 2.33. The molecule has 74 valence electrons. The van der Waals surface area contributed by atoms with Crippen LogP contribution in [0, 0.1) is 0 Å².